The molecule has 9 nitrogen and oxygen atoms in total. The van der Waals surface area contributed by atoms with Crippen molar-refractivity contribution in [1.82, 2.24) is 14.9 Å². The molecule has 0 saturated carbocycles. The number of hydrogen-bond donors (Lipinski definition) is 2. The fourth-order valence-corrected chi connectivity index (χ4v) is 5.16. The van der Waals surface area contributed by atoms with Crippen LogP contribution >= 0.6 is 0 Å². The molecule has 1 aliphatic rings. The molecule has 34 heavy (non-hydrogen) atoms. The van der Waals surface area contributed by atoms with E-state index in [2.05, 4.69) is 10.6 Å². The first kappa shape index (κ1) is 24.1. The van der Waals surface area contributed by atoms with Gasteiger partial charge in [0, 0.05) is 25.0 Å². The van der Waals surface area contributed by atoms with Crippen LogP contribution in [0.15, 0.2) is 57.8 Å². The van der Waals surface area contributed by atoms with Crippen LogP contribution in [0.25, 0.3) is 11.0 Å². The quantitative estimate of drug-likeness (QED) is 0.504. The van der Waals surface area contributed by atoms with Crippen molar-refractivity contribution in [2.24, 2.45) is 0 Å². The summed E-state index contributed by atoms with van der Waals surface area (Å²) < 4.78 is 43.6. The van der Waals surface area contributed by atoms with Gasteiger partial charge in [-0.25, -0.2) is 13.2 Å². The lowest BCUT2D eigenvalue weighted by atomic mass is 10.2. The molecule has 2 amide bonds. The van der Waals surface area contributed by atoms with Crippen molar-refractivity contribution in [1.29, 1.82) is 0 Å². The number of sulfonamides is 1. The van der Waals surface area contributed by atoms with Gasteiger partial charge in [-0.3, -0.25) is 0 Å². The van der Waals surface area contributed by atoms with Crippen molar-refractivity contribution >= 4 is 27.0 Å². The summed E-state index contributed by atoms with van der Waals surface area (Å²) in [4.78, 5) is 12.6. The number of nitrogens with one attached hydrogen (secondary N) is 2. The molecule has 2 N–H and O–H groups in total. The fourth-order valence-electron chi connectivity index (χ4n) is 3.76. The van der Waals surface area contributed by atoms with E-state index >= 15 is 0 Å². The molecule has 0 bridgehead atoms. The van der Waals surface area contributed by atoms with Crippen LogP contribution in [0.4, 0.5) is 4.79 Å². The second-order valence-electron chi connectivity index (χ2n) is 7.97. The Kier molecular flexibility index (Phi) is 7.40. The van der Waals surface area contributed by atoms with Crippen LogP contribution in [0.5, 0.6) is 5.75 Å². The summed E-state index contributed by atoms with van der Waals surface area (Å²) in [6.07, 6.45) is 0. The summed E-state index contributed by atoms with van der Waals surface area (Å²) >= 11 is 0. The van der Waals surface area contributed by atoms with E-state index in [1.807, 2.05) is 38.1 Å². The Balaban J connectivity index is 1.33. The molecule has 1 saturated heterocycles. The second kappa shape index (κ2) is 10.5. The van der Waals surface area contributed by atoms with Crippen molar-refractivity contribution in [2.45, 2.75) is 31.3 Å². The van der Waals surface area contributed by atoms with E-state index in [9.17, 15) is 13.2 Å². The van der Waals surface area contributed by atoms with E-state index in [-0.39, 0.29) is 23.5 Å². The number of amides is 2. The van der Waals surface area contributed by atoms with Crippen LogP contribution in [0.1, 0.15) is 31.2 Å². The predicted octanol–water partition coefficient (Wildman–Crippen LogP) is 3.41. The average molecular weight is 488 g/mol. The minimum atomic E-state index is -3.54. The first-order chi connectivity index (χ1) is 16.4. The molecule has 1 aromatic heterocycles. The first-order valence-corrected chi connectivity index (χ1v) is 12.7. The van der Waals surface area contributed by atoms with Crippen LogP contribution in [-0.2, 0) is 21.3 Å². The van der Waals surface area contributed by atoms with Crippen LogP contribution < -0.4 is 15.4 Å². The Hall–Kier alpha value is -3.08. The summed E-state index contributed by atoms with van der Waals surface area (Å²) in [7, 11) is -3.54. The topological polar surface area (TPSA) is 110 Å². The normalized spacial score (nSPS) is 15.7. The number of para-hydroxylation sites is 1. The number of furan rings is 1. The first-order valence-electron chi connectivity index (χ1n) is 11.2. The molecule has 1 fully saturated rings. The van der Waals surface area contributed by atoms with E-state index in [0.29, 0.717) is 50.0 Å². The molecule has 4 rings (SSSR count). The maximum atomic E-state index is 12.7. The Labute approximate surface area is 199 Å². The summed E-state index contributed by atoms with van der Waals surface area (Å²) in [6.45, 7) is 6.03. The van der Waals surface area contributed by atoms with Crippen LogP contribution in [-0.4, -0.2) is 51.7 Å². The number of carbonyl (C=O) groups excluding carboxylic acids is 1. The lowest BCUT2D eigenvalue weighted by Crippen LogP contribution is -2.40. The summed E-state index contributed by atoms with van der Waals surface area (Å²) in [5, 5.41) is 6.56. The molecule has 0 spiro atoms. The highest BCUT2D eigenvalue weighted by Gasteiger charge is 2.26. The Bertz CT molecular complexity index is 1230. The number of urea groups is 1. The van der Waals surface area contributed by atoms with Gasteiger partial charge in [0.2, 0.25) is 10.0 Å². The summed E-state index contributed by atoms with van der Waals surface area (Å²) in [6, 6.07) is 13.4. The average Bonchev–Trinajstić information content (AvgIpc) is 3.29. The highest BCUT2D eigenvalue weighted by molar-refractivity contribution is 7.89. The van der Waals surface area contributed by atoms with Gasteiger partial charge < -0.3 is 24.5 Å². The van der Waals surface area contributed by atoms with Crippen molar-refractivity contribution in [2.75, 3.05) is 32.9 Å². The number of fused-ring (bicyclic) bond motifs is 1. The number of carbonyl (C=O) groups is 1. The highest BCUT2D eigenvalue weighted by atomic mass is 32.2. The zero-order valence-electron chi connectivity index (χ0n) is 19.2. The smallest absolute Gasteiger partial charge is 0.315 e. The molecule has 1 atom stereocenters. The van der Waals surface area contributed by atoms with Crippen LogP contribution in [0, 0.1) is 0 Å². The van der Waals surface area contributed by atoms with Gasteiger partial charge in [-0.1, -0.05) is 24.3 Å². The summed E-state index contributed by atoms with van der Waals surface area (Å²) in [5.41, 5.74) is 1.44. The van der Waals surface area contributed by atoms with Gasteiger partial charge in [-0.05, 0) is 43.7 Å². The lowest BCUT2D eigenvalue weighted by Gasteiger charge is -2.26. The van der Waals surface area contributed by atoms with Gasteiger partial charge in [0.25, 0.3) is 0 Å². The Morgan fingerprint density at radius 1 is 1.15 bits per heavy atom. The number of morpholine rings is 1. The third-order valence-electron chi connectivity index (χ3n) is 5.59. The van der Waals surface area contributed by atoms with Crippen molar-refractivity contribution in [3.63, 3.8) is 0 Å². The molecule has 0 radical (unpaired) electrons. The van der Waals surface area contributed by atoms with Crippen molar-refractivity contribution in [3.05, 3.63) is 59.9 Å². The number of ether oxygens (including phenoxy) is 2. The van der Waals surface area contributed by atoms with Crippen LogP contribution in [0.3, 0.4) is 0 Å². The van der Waals surface area contributed by atoms with Crippen molar-refractivity contribution in [3.8, 4) is 5.75 Å². The zero-order valence-corrected chi connectivity index (χ0v) is 20.1. The van der Waals surface area contributed by atoms with E-state index < -0.39 is 10.0 Å². The maximum Gasteiger partial charge on any atom is 0.315 e. The third-order valence-corrected chi connectivity index (χ3v) is 7.50. The number of hydrogen-bond acceptors (Lipinski definition) is 6. The number of benzene rings is 2. The molecular weight excluding hydrogens is 458 g/mol. The highest BCUT2D eigenvalue weighted by Crippen LogP contribution is 2.31. The van der Waals surface area contributed by atoms with E-state index in [1.165, 1.54) is 4.31 Å². The van der Waals surface area contributed by atoms with Gasteiger partial charge in [0.15, 0.2) is 11.3 Å². The Morgan fingerprint density at radius 2 is 1.88 bits per heavy atom. The molecule has 0 aliphatic carbocycles. The van der Waals surface area contributed by atoms with Gasteiger partial charge in [0.1, 0.15) is 5.76 Å². The molecule has 182 valence electrons. The van der Waals surface area contributed by atoms with Gasteiger partial charge >= 0.3 is 6.03 Å². The van der Waals surface area contributed by atoms with Gasteiger partial charge in [-0.15, -0.1) is 0 Å². The van der Waals surface area contributed by atoms with Gasteiger partial charge in [0.05, 0.1) is 30.8 Å². The van der Waals surface area contributed by atoms with Crippen molar-refractivity contribution < 1.29 is 27.1 Å². The monoisotopic (exact) mass is 487 g/mol. The SMILES string of the molecule is CCOc1cccc2cc(C(C)NC(=O)NCc3ccc(S(=O)(=O)N4CCOCC4)cc3)oc12. The standard InChI is InChI=1S/C24H29N3O6S/c1-3-32-21-6-4-5-19-15-22(33-23(19)21)17(2)26-24(28)25-16-18-7-9-20(10-8-18)34(29,30)27-11-13-31-14-12-27/h4-10,15,17H,3,11-14,16H2,1-2H3,(H2,25,26,28). The van der Waals surface area contributed by atoms with Crippen LogP contribution in [0.2, 0.25) is 0 Å². The van der Waals surface area contributed by atoms with E-state index in [0.717, 1.165) is 10.9 Å². The minimum Gasteiger partial charge on any atom is -0.490 e. The molecule has 3 aromatic rings. The molecule has 10 heteroatoms. The largest absolute Gasteiger partial charge is 0.490 e. The Morgan fingerprint density at radius 3 is 2.59 bits per heavy atom. The number of rotatable bonds is 8. The third kappa shape index (κ3) is 5.35. The predicted molar refractivity (Wildman–Crippen MR) is 127 cm³/mol. The number of nitrogens with zero attached hydrogens (tertiary/aromatic N) is 1. The second-order valence-corrected chi connectivity index (χ2v) is 9.90. The molecule has 1 unspecified atom stereocenters. The maximum absolute atomic E-state index is 12.7. The zero-order chi connectivity index (χ0) is 24.1. The minimum absolute atomic E-state index is 0.229. The fraction of sp³-hybridized carbons (Fsp3) is 0.375. The van der Waals surface area contributed by atoms with E-state index in [1.54, 1.807) is 24.3 Å². The molecular formula is C24H29N3O6S. The van der Waals surface area contributed by atoms with E-state index in [4.69, 9.17) is 13.9 Å². The molecule has 1 aliphatic heterocycles. The van der Waals surface area contributed by atoms with Gasteiger partial charge in [-0.2, -0.15) is 4.31 Å². The lowest BCUT2D eigenvalue weighted by molar-refractivity contribution is 0.0730. The summed E-state index contributed by atoms with van der Waals surface area (Å²) in [5.74, 6) is 1.29. The molecule has 2 heterocycles. The molecule has 2 aromatic carbocycles.